The second-order valence-electron chi connectivity index (χ2n) is 4.67. The second kappa shape index (κ2) is 9.91. The number of nitrogens with one attached hydrogen (secondary N) is 2. The van der Waals surface area contributed by atoms with Crippen LogP contribution in [0.4, 0.5) is 5.69 Å². The molecule has 0 heterocycles. The summed E-state index contributed by atoms with van der Waals surface area (Å²) in [7, 11) is 0. The molecule has 0 atom stereocenters. The molecular weight excluding hydrogens is 318 g/mol. The monoisotopic (exact) mass is 341 g/mol. The minimum absolute atomic E-state index is 0.00846. The average molecular weight is 342 g/mol. The van der Waals surface area contributed by atoms with Crippen LogP contribution in [0.1, 0.15) is 20.3 Å². The maximum atomic E-state index is 11.7. The van der Waals surface area contributed by atoms with Crippen LogP contribution in [-0.4, -0.2) is 43.5 Å². The van der Waals surface area contributed by atoms with E-state index in [4.69, 9.17) is 0 Å². The highest BCUT2D eigenvalue weighted by Crippen LogP contribution is 2.13. The second-order valence-corrected chi connectivity index (χ2v) is 5.58. The molecule has 20 heavy (non-hydrogen) atoms. The molecule has 1 rings (SSSR count). The van der Waals surface area contributed by atoms with Gasteiger partial charge in [-0.25, -0.2) is 0 Å². The topological polar surface area (TPSA) is 44.4 Å². The number of nitrogens with zero attached hydrogens (tertiary/aromatic N) is 1. The van der Waals surface area contributed by atoms with Crippen molar-refractivity contribution in [2.45, 2.75) is 20.3 Å². The molecule has 0 aromatic heterocycles. The fourth-order valence-corrected chi connectivity index (χ4v) is 2.19. The van der Waals surface area contributed by atoms with Crippen molar-refractivity contribution in [3.63, 3.8) is 0 Å². The van der Waals surface area contributed by atoms with Crippen LogP contribution in [0.2, 0.25) is 0 Å². The fraction of sp³-hybridized carbons (Fsp3) is 0.533. The van der Waals surface area contributed by atoms with E-state index in [9.17, 15) is 4.79 Å². The summed E-state index contributed by atoms with van der Waals surface area (Å²) >= 11 is 3.37. The number of carbonyl (C=O) groups excluding carboxylic acids is 1. The van der Waals surface area contributed by atoms with Crippen LogP contribution < -0.4 is 10.6 Å². The fourth-order valence-electron chi connectivity index (χ4n) is 1.92. The van der Waals surface area contributed by atoms with E-state index < -0.39 is 0 Å². The van der Waals surface area contributed by atoms with E-state index in [1.807, 2.05) is 24.3 Å². The molecule has 1 aromatic rings. The molecule has 1 aromatic carbocycles. The smallest absolute Gasteiger partial charge is 0.238 e. The maximum Gasteiger partial charge on any atom is 0.238 e. The SMILES string of the molecule is CCCN(CC)CCNCC(=O)Nc1ccc(Br)cc1. The lowest BCUT2D eigenvalue weighted by Crippen LogP contribution is -2.36. The number of hydrogen-bond donors (Lipinski definition) is 2. The Morgan fingerprint density at radius 2 is 1.90 bits per heavy atom. The van der Waals surface area contributed by atoms with Gasteiger partial charge in [-0.15, -0.1) is 0 Å². The third kappa shape index (κ3) is 7.03. The van der Waals surface area contributed by atoms with Crippen LogP contribution in [0.15, 0.2) is 28.7 Å². The number of anilines is 1. The molecular formula is C15H24BrN3O. The van der Waals surface area contributed by atoms with Gasteiger partial charge in [0.2, 0.25) is 5.91 Å². The molecule has 0 bridgehead atoms. The molecule has 0 fully saturated rings. The number of likely N-dealkylation sites (N-methyl/N-ethyl adjacent to an activating group) is 1. The Morgan fingerprint density at radius 3 is 2.50 bits per heavy atom. The number of hydrogen-bond acceptors (Lipinski definition) is 3. The molecule has 0 unspecified atom stereocenters. The van der Waals surface area contributed by atoms with E-state index in [0.29, 0.717) is 6.54 Å². The first-order chi connectivity index (χ1) is 9.65. The van der Waals surface area contributed by atoms with Crippen molar-refractivity contribution < 1.29 is 4.79 Å². The van der Waals surface area contributed by atoms with Crippen molar-refractivity contribution >= 4 is 27.5 Å². The lowest BCUT2D eigenvalue weighted by atomic mass is 10.3. The Labute approximate surface area is 130 Å². The third-order valence-corrected chi connectivity index (χ3v) is 3.53. The van der Waals surface area contributed by atoms with E-state index in [2.05, 4.69) is 45.3 Å². The number of amides is 1. The van der Waals surface area contributed by atoms with Crippen molar-refractivity contribution in [3.8, 4) is 0 Å². The largest absolute Gasteiger partial charge is 0.325 e. The Bertz CT molecular complexity index is 395. The molecule has 1 amide bonds. The molecule has 4 nitrogen and oxygen atoms in total. The normalized spacial score (nSPS) is 10.8. The van der Waals surface area contributed by atoms with Gasteiger partial charge in [-0.3, -0.25) is 4.79 Å². The Balaban J connectivity index is 2.18. The summed E-state index contributed by atoms with van der Waals surface area (Å²) in [6.07, 6.45) is 1.16. The highest BCUT2D eigenvalue weighted by atomic mass is 79.9. The Hall–Kier alpha value is -0.910. The standard InChI is InChI=1S/C15H24BrN3O/c1-3-10-19(4-2)11-9-17-12-15(20)18-14-7-5-13(16)6-8-14/h5-8,17H,3-4,9-12H2,1-2H3,(H,18,20). The lowest BCUT2D eigenvalue weighted by molar-refractivity contribution is -0.115. The predicted molar refractivity (Wildman–Crippen MR) is 88.0 cm³/mol. The molecule has 0 spiro atoms. The first-order valence-corrected chi connectivity index (χ1v) is 7.93. The highest BCUT2D eigenvalue weighted by Gasteiger charge is 2.03. The summed E-state index contributed by atoms with van der Waals surface area (Å²) in [5.74, 6) is -0.00846. The summed E-state index contributed by atoms with van der Waals surface area (Å²) in [4.78, 5) is 14.1. The minimum Gasteiger partial charge on any atom is -0.325 e. The van der Waals surface area contributed by atoms with Crippen molar-refractivity contribution in [2.24, 2.45) is 0 Å². The highest BCUT2D eigenvalue weighted by molar-refractivity contribution is 9.10. The van der Waals surface area contributed by atoms with Crippen molar-refractivity contribution in [1.82, 2.24) is 10.2 Å². The van der Waals surface area contributed by atoms with Gasteiger partial charge in [0, 0.05) is 23.2 Å². The Morgan fingerprint density at radius 1 is 1.20 bits per heavy atom. The molecule has 2 N–H and O–H groups in total. The zero-order chi connectivity index (χ0) is 14.8. The van der Waals surface area contributed by atoms with E-state index in [1.165, 1.54) is 0 Å². The van der Waals surface area contributed by atoms with Gasteiger partial charge in [-0.1, -0.05) is 29.8 Å². The summed E-state index contributed by atoms with van der Waals surface area (Å²) in [5, 5.41) is 6.04. The molecule has 112 valence electrons. The zero-order valence-electron chi connectivity index (χ0n) is 12.3. The molecule has 5 heteroatoms. The van der Waals surface area contributed by atoms with Gasteiger partial charge < -0.3 is 15.5 Å². The van der Waals surface area contributed by atoms with E-state index in [1.54, 1.807) is 0 Å². The maximum absolute atomic E-state index is 11.7. The van der Waals surface area contributed by atoms with Crippen LogP contribution in [0.25, 0.3) is 0 Å². The van der Waals surface area contributed by atoms with Gasteiger partial charge in [0.05, 0.1) is 6.54 Å². The third-order valence-electron chi connectivity index (χ3n) is 3.01. The molecule has 0 aliphatic heterocycles. The summed E-state index contributed by atoms with van der Waals surface area (Å²) in [6, 6.07) is 7.57. The van der Waals surface area contributed by atoms with Crippen LogP contribution in [-0.2, 0) is 4.79 Å². The first-order valence-electron chi connectivity index (χ1n) is 7.14. The number of carbonyl (C=O) groups is 1. The molecule has 0 saturated carbocycles. The number of rotatable bonds is 9. The summed E-state index contributed by atoms with van der Waals surface area (Å²) in [5.41, 5.74) is 0.821. The zero-order valence-corrected chi connectivity index (χ0v) is 13.9. The first kappa shape index (κ1) is 17.1. The van der Waals surface area contributed by atoms with Crippen LogP contribution >= 0.6 is 15.9 Å². The van der Waals surface area contributed by atoms with Crippen LogP contribution in [0.5, 0.6) is 0 Å². The summed E-state index contributed by atoms with van der Waals surface area (Å²) in [6.45, 7) is 8.68. The van der Waals surface area contributed by atoms with Gasteiger partial charge >= 0.3 is 0 Å². The summed E-state index contributed by atoms with van der Waals surface area (Å²) < 4.78 is 1.00. The van der Waals surface area contributed by atoms with Gasteiger partial charge in [0.15, 0.2) is 0 Å². The van der Waals surface area contributed by atoms with Crippen molar-refractivity contribution in [2.75, 3.05) is 38.0 Å². The van der Waals surface area contributed by atoms with Crippen molar-refractivity contribution in [1.29, 1.82) is 0 Å². The Kier molecular flexibility index (Phi) is 8.49. The molecule has 0 aliphatic rings. The number of benzene rings is 1. The number of halogens is 1. The molecule has 0 aliphatic carbocycles. The van der Waals surface area contributed by atoms with E-state index in [0.717, 1.165) is 42.8 Å². The molecule has 0 saturated heterocycles. The predicted octanol–water partition coefficient (Wildman–Crippen LogP) is 2.71. The minimum atomic E-state index is -0.00846. The van der Waals surface area contributed by atoms with Crippen LogP contribution in [0, 0.1) is 0 Å². The van der Waals surface area contributed by atoms with E-state index >= 15 is 0 Å². The lowest BCUT2D eigenvalue weighted by Gasteiger charge is -2.19. The quantitative estimate of drug-likeness (QED) is 0.679. The van der Waals surface area contributed by atoms with Crippen LogP contribution in [0.3, 0.4) is 0 Å². The average Bonchev–Trinajstić information content (AvgIpc) is 2.45. The van der Waals surface area contributed by atoms with Gasteiger partial charge in [0.25, 0.3) is 0 Å². The van der Waals surface area contributed by atoms with E-state index in [-0.39, 0.29) is 5.91 Å². The molecule has 0 radical (unpaired) electrons. The van der Waals surface area contributed by atoms with Gasteiger partial charge in [-0.2, -0.15) is 0 Å². The van der Waals surface area contributed by atoms with Gasteiger partial charge in [-0.05, 0) is 43.8 Å². The van der Waals surface area contributed by atoms with Gasteiger partial charge in [0.1, 0.15) is 0 Å². The van der Waals surface area contributed by atoms with Crippen molar-refractivity contribution in [3.05, 3.63) is 28.7 Å².